The van der Waals surface area contributed by atoms with Gasteiger partial charge in [-0.1, -0.05) is 188 Å². The Hall–Kier alpha value is -8.54. The molecule has 0 fully saturated rings. The molecule has 5 heteroatoms. The number of hydrogen-bond acceptors (Lipinski definition) is 5. The molecule has 2 aromatic heterocycles. The first-order valence-electron chi connectivity index (χ1n) is 21.6. The van der Waals surface area contributed by atoms with Crippen LogP contribution in [0.3, 0.4) is 0 Å². The van der Waals surface area contributed by atoms with Crippen LogP contribution in [0.15, 0.2) is 223 Å². The molecule has 2 heterocycles. The topological polar surface area (TPSA) is 64.7 Å². The molecule has 0 saturated carbocycles. The van der Waals surface area contributed by atoms with Gasteiger partial charge in [-0.25, -0.2) is 19.9 Å². The monoisotopic (exact) mass is 816 g/mol. The molecule has 13 rings (SSSR count). The minimum absolute atomic E-state index is 0.547. The van der Waals surface area contributed by atoms with Gasteiger partial charge in [-0.3, -0.25) is 0 Å². The van der Waals surface area contributed by atoms with Gasteiger partial charge in [0.2, 0.25) is 5.89 Å². The smallest absolute Gasteiger partial charge is 0.227 e. The van der Waals surface area contributed by atoms with Crippen molar-refractivity contribution in [3.8, 4) is 56.7 Å². The predicted molar refractivity (Wildman–Crippen MR) is 259 cm³/mol. The summed E-state index contributed by atoms with van der Waals surface area (Å²) in [7, 11) is 0. The molecule has 0 N–H and O–H groups in total. The number of rotatable bonds is 6. The molecule has 5 nitrogen and oxygen atoms in total. The Labute approximate surface area is 369 Å². The van der Waals surface area contributed by atoms with Gasteiger partial charge in [-0.15, -0.1) is 0 Å². The Kier molecular flexibility index (Phi) is 8.06. The molecule has 298 valence electrons. The predicted octanol–water partition coefficient (Wildman–Crippen LogP) is 14.5. The first kappa shape index (κ1) is 36.1. The van der Waals surface area contributed by atoms with Crippen LogP contribution >= 0.6 is 0 Å². The van der Waals surface area contributed by atoms with Crippen LogP contribution in [0.25, 0.3) is 100 Å². The zero-order valence-corrected chi connectivity index (χ0v) is 34.5. The molecular formula is C59H36N4O. The molecule has 64 heavy (non-hydrogen) atoms. The maximum atomic E-state index is 6.60. The van der Waals surface area contributed by atoms with Gasteiger partial charge >= 0.3 is 0 Å². The molecular weight excluding hydrogens is 781 g/mol. The van der Waals surface area contributed by atoms with Gasteiger partial charge < -0.3 is 4.42 Å². The third-order valence-electron chi connectivity index (χ3n) is 13.0. The molecule has 12 aromatic rings. The molecule has 0 spiro atoms. The fourth-order valence-electron chi connectivity index (χ4n) is 10.1. The highest BCUT2D eigenvalue weighted by molar-refractivity contribution is 6.26. The Morgan fingerprint density at radius 2 is 0.859 bits per heavy atom. The van der Waals surface area contributed by atoms with Crippen molar-refractivity contribution in [2.24, 2.45) is 0 Å². The Balaban J connectivity index is 0.994. The van der Waals surface area contributed by atoms with Crippen LogP contribution in [0.4, 0.5) is 0 Å². The molecule has 0 bridgehead atoms. The third kappa shape index (κ3) is 5.51. The first-order chi connectivity index (χ1) is 31.7. The van der Waals surface area contributed by atoms with Gasteiger partial charge in [0.15, 0.2) is 23.1 Å². The minimum atomic E-state index is -0.547. The van der Waals surface area contributed by atoms with Crippen LogP contribution < -0.4 is 0 Å². The zero-order chi connectivity index (χ0) is 42.2. The van der Waals surface area contributed by atoms with Gasteiger partial charge in [-0.2, -0.15) is 0 Å². The summed E-state index contributed by atoms with van der Waals surface area (Å²) < 4.78 is 6.60. The summed E-state index contributed by atoms with van der Waals surface area (Å²) >= 11 is 0. The van der Waals surface area contributed by atoms with E-state index in [2.05, 4.69) is 164 Å². The minimum Gasteiger partial charge on any atom is -0.435 e. The summed E-state index contributed by atoms with van der Waals surface area (Å²) in [6.07, 6.45) is 0. The number of fused-ring (bicyclic) bond motifs is 10. The maximum Gasteiger partial charge on any atom is 0.227 e. The van der Waals surface area contributed by atoms with Gasteiger partial charge in [0.25, 0.3) is 0 Å². The van der Waals surface area contributed by atoms with Crippen LogP contribution in [0.1, 0.15) is 22.3 Å². The second-order valence-corrected chi connectivity index (χ2v) is 16.5. The number of oxazole rings is 1. The summed E-state index contributed by atoms with van der Waals surface area (Å²) in [5.41, 5.74) is 12.1. The van der Waals surface area contributed by atoms with E-state index in [9.17, 15) is 0 Å². The van der Waals surface area contributed by atoms with Crippen molar-refractivity contribution in [3.05, 3.63) is 241 Å². The normalized spacial score (nSPS) is 12.8. The molecule has 0 atom stereocenters. The highest BCUT2D eigenvalue weighted by Gasteiger charge is 2.46. The van der Waals surface area contributed by atoms with E-state index < -0.39 is 5.41 Å². The van der Waals surface area contributed by atoms with Crippen molar-refractivity contribution in [3.63, 3.8) is 0 Å². The zero-order valence-electron chi connectivity index (χ0n) is 34.5. The van der Waals surface area contributed by atoms with Crippen molar-refractivity contribution < 1.29 is 4.42 Å². The molecule has 1 aliphatic rings. The molecule has 0 radical (unpaired) electrons. The van der Waals surface area contributed by atoms with Crippen LogP contribution in [0, 0.1) is 0 Å². The molecule has 0 saturated heterocycles. The third-order valence-corrected chi connectivity index (χ3v) is 13.0. The molecule has 0 unspecified atom stereocenters. The second kappa shape index (κ2) is 14.3. The lowest BCUT2D eigenvalue weighted by atomic mass is 9.67. The maximum absolute atomic E-state index is 6.60. The first-order valence-corrected chi connectivity index (χ1v) is 21.6. The van der Waals surface area contributed by atoms with E-state index in [1.165, 1.54) is 27.8 Å². The lowest BCUT2D eigenvalue weighted by molar-refractivity contribution is 0.623. The van der Waals surface area contributed by atoms with Gasteiger partial charge in [-0.05, 0) is 85.3 Å². The average Bonchev–Trinajstić information content (AvgIpc) is 3.95. The van der Waals surface area contributed by atoms with E-state index in [1.807, 2.05) is 54.6 Å². The van der Waals surface area contributed by atoms with Crippen molar-refractivity contribution in [2.75, 3.05) is 0 Å². The van der Waals surface area contributed by atoms with Crippen molar-refractivity contribution in [1.82, 2.24) is 19.9 Å². The number of benzene rings is 10. The van der Waals surface area contributed by atoms with Crippen LogP contribution in [-0.2, 0) is 5.41 Å². The Morgan fingerprint density at radius 3 is 1.55 bits per heavy atom. The average molecular weight is 817 g/mol. The van der Waals surface area contributed by atoms with Gasteiger partial charge in [0.05, 0.1) is 5.41 Å². The molecule has 0 aliphatic heterocycles. The van der Waals surface area contributed by atoms with Crippen molar-refractivity contribution in [2.45, 2.75) is 5.41 Å². The largest absolute Gasteiger partial charge is 0.435 e. The van der Waals surface area contributed by atoms with E-state index in [0.717, 1.165) is 71.2 Å². The number of nitrogens with zero attached hydrogens (tertiary/aromatic N) is 4. The molecule has 10 aromatic carbocycles. The van der Waals surface area contributed by atoms with Crippen molar-refractivity contribution >= 4 is 43.4 Å². The lowest BCUT2D eigenvalue weighted by Crippen LogP contribution is -2.28. The van der Waals surface area contributed by atoms with Crippen LogP contribution in [0.2, 0.25) is 0 Å². The number of hydrogen-bond donors (Lipinski definition) is 0. The second-order valence-electron chi connectivity index (χ2n) is 16.5. The summed E-state index contributed by atoms with van der Waals surface area (Å²) in [6.45, 7) is 0. The van der Waals surface area contributed by atoms with Crippen LogP contribution in [0.5, 0.6) is 0 Å². The standard InChI is InChI=1S/C59H36N4O/c1-4-15-39(16-5-1)55-61-56(42-19-14-22-45(36-42)59(44-20-8-3-9-21-44)49-25-12-10-23-47(49)48-24-11-13-26-50(48)59)63-57(62-55)43-31-33-46-41(35-43)30-29-37-27-28-38-32-34-51-54(53(38)52(37)46)64-58(60-51)40-17-6-2-7-18-40/h1-36H. The van der Waals surface area contributed by atoms with E-state index in [1.54, 1.807) is 0 Å². The number of aromatic nitrogens is 4. The molecule has 0 amide bonds. The summed E-state index contributed by atoms with van der Waals surface area (Å²) in [6, 6.07) is 77.0. The summed E-state index contributed by atoms with van der Waals surface area (Å²) in [4.78, 5) is 20.6. The van der Waals surface area contributed by atoms with E-state index in [-0.39, 0.29) is 0 Å². The Morgan fingerprint density at radius 1 is 0.344 bits per heavy atom. The Bertz CT molecular complexity index is 3740. The van der Waals surface area contributed by atoms with Crippen molar-refractivity contribution in [1.29, 1.82) is 0 Å². The molecule has 1 aliphatic carbocycles. The lowest BCUT2D eigenvalue weighted by Gasteiger charge is -2.34. The fourth-order valence-corrected chi connectivity index (χ4v) is 10.1. The SMILES string of the molecule is c1ccc(-c2nc(-c3cccc(C4(c5ccccc5)c5ccccc5-c5ccccc54)c3)nc(-c3ccc4c(ccc5ccc6ccc7nc(-c8ccccc8)oc7c6c54)c3)n2)cc1. The van der Waals surface area contributed by atoms with E-state index >= 15 is 0 Å². The van der Waals surface area contributed by atoms with E-state index in [0.29, 0.717) is 23.4 Å². The summed E-state index contributed by atoms with van der Waals surface area (Å²) in [5.74, 6) is 2.45. The van der Waals surface area contributed by atoms with Crippen LogP contribution in [-0.4, -0.2) is 19.9 Å². The highest BCUT2D eigenvalue weighted by atomic mass is 16.3. The fraction of sp³-hybridized carbons (Fsp3) is 0.0169. The summed E-state index contributed by atoms with van der Waals surface area (Å²) in [5, 5.41) is 6.60. The quantitative estimate of drug-likeness (QED) is 0.156. The van der Waals surface area contributed by atoms with E-state index in [4.69, 9.17) is 24.4 Å². The highest BCUT2D eigenvalue weighted by Crippen LogP contribution is 2.56. The van der Waals surface area contributed by atoms with Gasteiger partial charge in [0, 0.05) is 33.0 Å². The van der Waals surface area contributed by atoms with Gasteiger partial charge in [0.1, 0.15) is 5.52 Å².